The molecular formula is C14H9N2S. The van der Waals surface area contributed by atoms with Gasteiger partial charge in [-0.05, 0) is 6.07 Å². The van der Waals surface area contributed by atoms with Gasteiger partial charge in [0.25, 0.3) is 0 Å². The van der Waals surface area contributed by atoms with E-state index in [0.29, 0.717) is 0 Å². The van der Waals surface area contributed by atoms with E-state index in [4.69, 9.17) is 0 Å². The van der Waals surface area contributed by atoms with E-state index in [-0.39, 0.29) is 0 Å². The third-order valence-corrected chi connectivity index (χ3v) is 3.39. The summed E-state index contributed by atoms with van der Waals surface area (Å²) in [7, 11) is 0. The monoisotopic (exact) mass is 237 g/mol. The van der Waals surface area contributed by atoms with Crippen molar-refractivity contribution < 1.29 is 0 Å². The molecule has 0 aliphatic carbocycles. The predicted molar refractivity (Wildman–Crippen MR) is 69.6 cm³/mol. The molecule has 1 radical (unpaired) electrons. The third-order valence-electron chi connectivity index (χ3n) is 2.39. The summed E-state index contributed by atoms with van der Waals surface area (Å²) in [4.78, 5) is 0. The second-order valence-electron chi connectivity index (χ2n) is 3.55. The Morgan fingerprint density at radius 1 is 0.824 bits per heavy atom. The molecular weight excluding hydrogens is 228 g/mol. The van der Waals surface area contributed by atoms with Gasteiger partial charge < -0.3 is 0 Å². The number of benzene rings is 2. The first-order chi connectivity index (χ1) is 8.43. The minimum absolute atomic E-state index is 0.907. The SMILES string of the molecule is [c]1ccccc1-c1nnc(-c2ccccc2)s1. The molecule has 0 fully saturated rings. The van der Waals surface area contributed by atoms with Crippen LogP contribution in [0.1, 0.15) is 0 Å². The van der Waals surface area contributed by atoms with Gasteiger partial charge in [-0.15, -0.1) is 10.2 Å². The lowest BCUT2D eigenvalue weighted by atomic mass is 10.2. The van der Waals surface area contributed by atoms with E-state index in [1.807, 2.05) is 54.6 Å². The Kier molecular flexibility index (Phi) is 2.68. The fraction of sp³-hybridized carbons (Fsp3) is 0. The van der Waals surface area contributed by atoms with E-state index in [9.17, 15) is 0 Å². The maximum Gasteiger partial charge on any atom is 0.148 e. The third kappa shape index (κ3) is 2.10. The van der Waals surface area contributed by atoms with Gasteiger partial charge in [0.2, 0.25) is 0 Å². The fourth-order valence-corrected chi connectivity index (χ4v) is 2.39. The van der Waals surface area contributed by atoms with Crippen molar-refractivity contribution in [2.45, 2.75) is 0 Å². The van der Waals surface area contributed by atoms with Crippen LogP contribution in [0.3, 0.4) is 0 Å². The van der Waals surface area contributed by atoms with Gasteiger partial charge in [-0.3, -0.25) is 0 Å². The Hall–Kier alpha value is -2.00. The van der Waals surface area contributed by atoms with Gasteiger partial charge in [0.15, 0.2) is 0 Å². The van der Waals surface area contributed by atoms with E-state index in [1.54, 1.807) is 11.3 Å². The van der Waals surface area contributed by atoms with Gasteiger partial charge in [0.05, 0.1) is 0 Å². The van der Waals surface area contributed by atoms with Crippen LogP contribution in [0.5, 0.6) is 0 Å². The van der Waals surface area contributed by atoms with Gasteiger partial charge in [-0.25, -0.2) is 0 Å². The Morgan fingerprint density at radius 2 is 1.59 bits per heavy atom. The average Bonchev–Trinajstić information content (AvgIpc) is 2.90. The number of aromatic nitrogens is 2. The maximum atomic E-state index is 4.21. The average molecular weight is 237 g/mol. The van der Waals surface area contributed by atoms with Crippen LogP contribution in [0.15, 0.2) is 54.6 Å². The van der Waals surface area contributed by atoms with E-state index in [0.717, 1.165) is 21.1 Å². The van der Waals surface area contributed by atoms with Crippen LogP contribution in [0.4, 0.5) is 0 Å². The quantitative estimate of drug-likeness (QED) is 0.679. The molecule has 1 heterocycles. The number of rotatable bonds is 2. The van der Waals surface area contributed by atoms with Crippen molar-refractivity contribution in [1.82, 2.24) is 10.2 Å². The molecule has 81 valence electrons. The van der Waals surface area contributed by atoms with Crippen molar-refractivity contribution in [3.63, 3.8) is 0 Å². The normalized spacial score (nSPS) is 10.4. The zero-order valence-electron chi connectivity index (χ0n) is 9.00. The summed E-state index contributed by atoms with van der Waals surface area (Å²) in [6, 6.07) is 21.1. The molecule has 0 spiro atoms. The zero-order chi connectivity index (χ0) is 11.5. The zero-order valence-corrected chi connectivity index (χ0v) is 9.82. The molecule has 2 nitrogen and oxygen atoms in total. The highest BCUT2D eigenvalue weighted by atomic mass is 32.1. The topological polar surface area (TPSA) is 25.8 Å². The van der Waals surface area contributed by atoms with Crippen LogP contribution >= 0.6 is 11.3 Å². The standard InChI is InChI=1S/C14H9N2S/c1-3-7-11(8-4-1)13-15-16-14(17-13)12-9-5-2-6-10-12/h1-9H. The van der Waals surface area contributed by atoms with Crippen LogP contribution in [0, 0.1) is 6.07 Å². The summed E-state index contributed by atoms with van der Waals surface area (Å²) >= 11 is 1.59. The number of nitrogens with zero attached hydrogens (tertiary/aromatic N) is 2. The van der Waals surface area contributed by atoms with Gasteiger partial charge in [-0.1, -0.05) is 65.9 Å². The summed E-state index contributed by atoms with van der Waals surface area (Å²) in [5, 5.41) is 10.3. The summed E-state index contributed by atoms with van der Waals surface area (Å²) in [5.74, 6) is 0. The van der Waals surface area contributed by atoms with Crippen molar-refractivity contribution in [3.05, 3.63) is 60.7 Å². The molecule has 0 N–H and O–H groups in total. The van der Waals surface area contributed by atoms with Gasteiger partial charge in [0, 0.05) is 11.1 Å². The predicted octanol–water partition coefficient (Wildman–Crippen LogP) is 3.67. The first-order valence-corrected chi connectivity index (χ1v) is 6.11. The molecule has 0 amide bonds. The minimum atomic E-state index is 0.907. The lowest BCUT2D eigenvalue weighted by molar-refractivity contribution is 1.10. The fourth-order valence-electron chi connectivity index (χ4n) is 1.56. The first kappa shape index (κ1) is 10.2. The van der Waals surface area contributed by atoms with Crippen LogP contribution in [0.2, 0.25) is 0 Å². The Bertz CT molecular complexity index is 548. The Morgan fingerprint density at radius 3 is 2.35 bits per heavy atom. The molecule has 3 rings (SSSR count). The van der Waals surface area contributed by atoms with Crippen molar-refractivity contribution in [2.75, 3.05) is 0 Å². The second-order valence-corrected chi connectivity index (χ2v) is 4.53. The molecule has 2 aromatic carbocycles. The van der Waals surface area contributed by atoms with Gasteiger partial charge in [0.1, 0.15) is 10.0 Å². The molecule has 17 heavy (non-hydrogen) atoms. The highest BCUT2D eigenvalue weighted by Crippen LogP contribution is 2.28. The smallest absolute Gasteiger partial charge is 0.138 e. The molecule has 0 aliphatic rings. The molecule has 0 aliphatic heterocycles. The van der Waals surface area contributed by atoms with E-state index in [2.05, 4.69) is 16.3 Å². The first-order valence-electron chi connectivity index (χ1n) is 5.29. The van der Waals surface area contributed by atoms with Crippen molar-refractivity contribution in [3.8, 4) is 21.1 Å². The van der Waals surface area contributed by atoms with E-state index in [1.165, 1.54) is 0 Å². The molecule has 3 aromatic rings. The van der Waals surface area contributed by atoms with Crippen molar-refractivity contribution in [1.29, 1.82) is 0 Å². The summed E-state index contributed by atoms with van der Waals surface area (Å²) < 4.78 is 0. The van der Waals surface area contributed by atoms with E-state index < -0.39 is 0 Å². The van der Waals surface area contributed by atoms with Gasteiger partial charge in [-0.2, -0.15) is 0 Å². The largest absolute Gasteiger partial charge is 0.148 e. The molecule has 0 saturated carbocycles. The van der Waals surface area contributed by atoms with Crippen LogP contribution in [0.25, 0.3) is 21.1 Å². The van der Waals surface area contributed by atoms with Crippen LogP contribution in [-0.4, -0.2) is 10.2 Å². The van der Waals surface area contributed by atoms with Crippen LogP contribution < -0.4 is 0 Å². The summed E-state index contributed by atoms with van der Waals surface area (Å²) in [6.07, 6.45) is 0. The van der Waals surface area contributed by atoms with Crippen LogP contribution in [-0.2, 0) is 0 Å². The molecule has 0 saturated heterocycles. The van der Waals surface area contributed by atoms with E-state index >= 15 is 0 Å². The summed E-state index contributed by atoms with van der Waals surface area (Å²) in [5.41, 5.74) is 2.10. The minimum Gasteiger partial charge on any atom is -0.138 e. The maximum absolute atomic E-state index is 4.21. The molecule has 0 atom stereocenters. The summed E-state index contributed by atoms with van der Waals surface area (Å²) in [6.45, 7) is 0. The second kappa shape index (κ2) is 4.47. The number of hydrogen-bond donors (Lipinski definition) is 0. The molecule has 0 bridgehead atoms. The molecule has 1 aromatic heterocycles. The Labute approximate surface area is 104 Å². The molecule has 3 heteroatoms. The Balaban J connectivity index is 1.99. The van der Waals surface area contributed by atoms with Crippen molar-refractivity contribution in [2.24, 2.45) is 0 Å². The molecule has 0 unspecified atom stereocenters. The van der Waals surface area contributed by atoms with Gasteiger partial charge >= 0.3 is 0 Å². The highest BCUT2D eigenvalue weighted by molar-refractivity contribution is 7.17. The highest BCUT2D eigenvalue weighted by Gasteiger charge is 2.07. The lowest BCUT2D eigenvalue weighted by Crippen LogP contribution is -1.76. The van der Waals surface area contributed by atoms with Crippen molar-refractivity contribution >= 4 is 11.3 Å². The number of hydrogen-bond acceptors (Lipinski definition) is 3. The lowest BCUT2D eigenvalue weighted by Gasteiger charge is -1.92.